The maximum Gasteiger partial charge on any atom is 0.274 e. The van der Waals surface area contributed by atoms with E-state index in [9.17, 15) is 17.6 Å². The molecule has 0 bridgehead atoms. The molecule has 0 aliphatic carbocycles. The summed E-state index contributed by atoms with van der Waals surface area (Å²) in [7, 11) is -2.18. The van der Waals surface area contributed by atoms with Crippen molar-refractivity contribution in [3.8, 4) is 17.0 Å². The summed E-state index contributed by atoms with van der Waals surface area (Å²) in [4.78, 5) is 20.4. The minimum atomic E-state index is -3.70. The molecule has 2 aromatic rings. The summed E-state index contributed by atoms with van der Waals surface area (Å²) < 4.78 is 53.2. The fourth-order valence-corrected chi connectivity index (χ4v) is 8.04. The van der Waals surface area contributed by atoms with Crippen molar-refractivity contribution in [3.63, 3.8) is 0 Å². The van der Waals surface area contributed by atoms with Gasteiger partial charge >= 0.3 is 0 Å². The second-order valence-electron chi connectivity index (χ2n) is 11.3. The number of rotatable bonds is 6. The third-order valence-electron chi connectivity index (χ3n) is 8.70. The molecule has 4 aliphatic heterocycles. The Kier molecular flexibility index (Phi) is 7.86. The minimum Gasteiger partial charge on any atom is -0.497 e. The normalized spacial score (nSPS) is 23.9. The first-order valence-corrected chi connectivity index (χ1v) is 16.0. The fourth-order valence-electron chi connectivity index (χ4n) is 6.44. The number of hydrogen-bond donors (Lipinski definition) is 0. The quantitative estimate of drug-likeness (QED) is 0.518. The maximum atomic E-state index is 13.7. The number of methoxy groups -OCH3 is 1. The predicted octanol–water partition coefficient (Wildman–Crippen LogP) is 2.39. The van der Waals surface area contributed by atoms with E-state index in [-0.39, 0.29) is 28.3 Å². The van der Waals surface area contributed by atoms with E-state index in [1.807, 2.05) is 4.68 Å². The van der Waals surface area contributed by atoms with Crippen LogP contribution in [0.2, 0.25) is 0 Å². The molecule has 218 valence electrons. The Bertz CT molecular complexity index is 1350. The highest BCUT2D eigenvalue weighted by Crippen LogP contribution is 2.43. The summed E-state index contributed by atoms with van der Waals surface area (Å²) in [6.45, 7) is 6.94. The third kappa shape index (κ3) is 5.38. The van der Waals surface area contributed by atoms with Crippen LogP contribution in [0.4, 0.5) is 4.39 Å². The molecule has 0 saturated carbocycles. The number of halogens is 1. The molecule has 0 spiro atoms. The van der Waals surface area contributed by atoms with Gasteiger partial charge in [0, 0.05) is 56.9 Å². The molecular weight excluding hydrogens is 537 g/mol. The van der Waals surface area contributed by atoms with Crippen molar-refractivity contribution in [3.05, 3.63) is 29.5 Å². The number of ether oxygens (including phenoxy) is 2. The molecule has 1 amide bonds. The second kappa shape index (κ2) is 11.4. The number of fused-ring (bicyclic) bond motifs is 3. The number of carbonyl (C=O) groups excluding carboxylic acids is 1. The van der Waals surface area contributed by atoms with Crippen LogP contribution in [0.15, 0.2) is 23.1 Å². The van der Waals surface area contributed by atoms with Gasteiger partial charge in [0.1, 0.15) is 11.9 Å². The van der Waals surface area contributed by atoms with Crippen molar-refractivity contribution in [2.45, 2.75) is 48.5 Å². The number of hydrogen-bond acceptors (Lipinski definition) is 8. The summed E-state index contributed by atoms with van der Waals surface area (Å²) in [5.74, 6) is -0.0361. The lowest BCUT2D eigenvalue weighted by Crippen LogP contribution is -2.44. The lowest BCUT2D eigenvalue weighted by molar-refractivity contribution is 0.0297. The number of piperidine rings is 2. The van der Waals surface area contributed by atoms with Crippen molar-refractivity contribution in [2.24, 2.45) is 0 Å². The largest absolute Gasteiger partial charge is 0.497 e. The van der Waals surface area contributed by atoms with Gasteiger partial charge in [0.05, 0.1) is 42.7 Å². The number of carbonyl (C=O) groups is 1. The van der Waals surface area contributed by atoms with Crippen molar-refractivity contribution >= 4 is 15.7 Å². The van der Waals surface area contributed by atoms with Gasteiger partial charge in [-0.15, -0.1) is 0 Å². The number of benzene rings is 1. The molecule has 1 aromatic heterocycles. The van der Waals surface area contributed by atoms with Crippen LogP contribution in [-0.4, -0.2) is 118 Å². The van der Waals surface area contributed by atoms with Crippen LogP contribution >= 0.6 is 0 Å². The summed E-state index contributed by atoms with van der Waals surface area (Å²) in [6, 6.07) is 5.11. The molecule has 5 heterocycles. The lowest BCUT2D eigenvalue weighted by Gasteiger charge is -2.36. The minimum absolute atomic E-state index is 0.000994. The van der Waals surface area contributed by atoms with Crippen LogP contribution in [0, 0.1) is 0 Å². The van der Waals surface area contributed by atoms with Gasteiger partial charge in [-0.3, -0.25) is 14.4 Å². The van der Waals surface area contributed by atoms with E-state index < -0.39 is 16.0 Å². The Morgan fingerprint density at radius 1 is 1.07 bits per heavy atom. The topological polar surface area (TPSA) is 97.2 Å². The van der Waals surface area contributed by atoms with Gasteiger partial charge in [0.2, 0.25) is 0 Å². The maximum absolute atomic E-state index is 13.7. The molecule has 4 aliphatic rings. The van der Waals surface area contributed by atoms with E-state index in [0.717, 1.165) is 57.8 Å². The molecule has 0 radical (unpaired) electrons. The van der Waals surface area contributed by atoms with Gasteiger partial charge in [-0.1, -0.05) is 0 Å². The summed E-state index contributed by atoms with van der Waals surface area (Å²) in [5, 5.41) is 4.90. The highest BCUT2D eigenvalue weighted by atomic mass is 32.2. The average Bonchev–Trinajstić information content (AvgIpc) is 3.35. The first-order chi connectivity index (χ1) is 19.3. The fraction of sp³-hybridized carbons (Fsp3) is 0.643. The molecule has 1 atom stereocenters. The van der Waals surface area contributed by atoms with Crippen LogP contribution in [0.25, 0.3) is 11.3 Å². The van der Waals surface area contributed by atoms with Crippen LogP contribution in [0.1, 0.15) is 47.8 Å². The van der Waals surface area contributed by atoms with Crippen molar-refractivity contribution < 1.29 is 27.1 Å². The number of alkyl halides is 1. The molecule has 3 saturated heterocycles. The zero-order valence-corrected chi connectivity index (χ0v) is 23.9. The number of aromatic nitrogens is 2. The van der Waals surface area contributed by atoms with E-state index in [0.29, 0.717) is 56.0 Å². The van der Waals surface area contributed by atoms with Gasteiger partial charge in [0.25, 0.3) is 5.91 Å². The molecule has 0 N–H and O–H groups in total. The smallest absolute Gasteiger partial charge is 0.274 e. The zero-order chi connectivity index (χ0) is 27.9. The van der Waals surface area contributed by atoms with E-state index in [4.69, 9.17) is 14.6 Å². The first kappa shape index (κ1) is 27.6. The predicted molar refractivity (Wildman–Crippen MR) is 147 cm³/mol. The van der Waals surface area contributed by atoms with E-state index >= 15 is 0 Å². The number of nitrogens with zero attached hydrogens (tertiary/aromatic N) is 5. The molecule has 40 heavy (non-hydrogen) atoms. The highest BCUT2D eigenvalue weighted by molar-refractivity contribution is 7.90. The van der Waals surface area contributed by atoms with Crippen LogP contribution in [0.5, 0.6) is 5.75 Å². The van der Waals surface area contributed by atoms with Gasteiger partial charge in [-0.25, -0.2) is 12.8 Å². The van der Waals surface area contributed by atoms with Gasteiger partial charge in [-0.2, -0.15) is 5.10 Å². The second-order valence-corrected chi connectivity index (χ2v) is 13.2. The molecule has 1 aromatic carbocycles. The van der Waals surface area contributed by atoms with E-state index in [1.165, 1.54) is 7.11 Å². The molecule has 0 unspecified atom stereocenters. The highest BCUT2D eigenvalue weighted by Gasteiger charge is 2.39. The Hall–Kier alpha value is -2.54. The molecule has 10 nitrogen and oxygen atoms in total. The standard InChI is InChI=1S/C28H38FN5O5S/c1-38-22-4-5-23-25(17-22)40(36,37)19-24-26(28(35)33-13-15-39-16-14-33)30-34(27(23)24)21-3-2-8-32(18-21)12-11-31-9-6-20(29)7-10-31/h4-5,17,20-21H,2-3,6-16,18-19H2,1H3/t21-/m0/s1. The third-order valence-corrected chi connectivity index (χ3v) is 10.4. The van der Waals surface area contributed by atoms with Crippen LogP contribution < -0.4 is 4.74 Å². The molecule has 3 fully saturated rings. The summed E-state index contributed by atoms with van der Waals surface area (Å²) >= 11 is 0. The monoisotopic (exact) mass is 575 g/mol. The van der Waals surface area contributed by atoms with Crippen molar-refractivity contribution in [1.82, 2.24) is 24.5 Å². The van der Waals surface area contributed by atoms with Crippen LogP contribution in [0.3, 0.4) is 0 Å². The number of amides is 1. The van der Waals surface area contributed by atoms with Gasteiger partial charge in [0.15, 0.2) is 15.5 Å². The molecule has 12 heteroatoms. The van der Waals surface area contributed by atoms with Crippen molar-refractivity contribution in [1.29, 1.82) is 0 Å². The summed E-state index contributed by atoms with van der Waals surface area (Å²) in [6.07, 6.45) is 2.40. The first-order valence-electron chi connectivity index (χ1n) is 14.3. The number of morpholine rings is 1. The average molecular weight is 576 g/mol. The number of likely N-dealkylation sites (tertiary alicyclic amines) is 2. The summed E-state index contributed by atoms with van der Waals surface area (Å²) in [5.41, 5.74) is 2.01. The van der Waals surface area contributed by atoms with Crippen molar-refractivity contribution in [2.75, 3.05) is 72.7 Å². The lowest BCUT2D eigenvalue weighted by atomic mass is 10.0. The molecule has 6 rings (SSSR count). The molecular formula is C28H38FN5O5S. The Morgan fingerprint density at radius 2 is 1.82 bits per heavy atom. The van der Waals surface area contributed by atoms with Gasteiger partial charge < -0.3 is 19.3 Å². The van der Waals surface area contributed by atoms with Crippen LogP contribution in [-0.2, 0) is 20.3 Å². The van der Waals surface area contributed by atoms with Gasteiger partial charge in [-0.05, 0) is 50.4 Å². The SMILES string of the molecule is COc1ccc2c(c1)S(=O)(=O)Cc1c(C(=O)N3CCOCC3)nn([C@H]3CCCN(CCN4CCC(F)CC4)C3)c1-2. The Morgan fingerprint density at radius 3 is 2.58 bits per heavy atom. The zero-order valence-electron chi connectivity index (χ0n) is 23.1. The Balaban J connectivity index is 1.33. The number of sulfone groups is 1. The van der Waals surface area contributed by atoms with E-state index in [1.54, 1.807) is 23.1 Å². The van der Waals surface area contributed by atoms with E-state index in [2.05, 4.69) is 9.80 Å². The Labute approximate surface area is 234 Å².